The van der Waals surface area contributed by atoms with Gasteiger partial charge < -0.3 is 29.7 Å². The molecule has 23 heteroatoms. The molecule has 3 aromatic carbocycles. The number of piperidine rings is 1. The van der Waals surface area contributed by atoms with Crippen LogP contribution < -0.4 is 40.7 Å². The Balaban J connectivity index is 0.818. The Hall–Kier alpha value is -6.77. The van der Waals surface area contributed by atoms with Crippen LogP contribution in [0.15, 0.2) is 71.6 Å². The number of aromatic nitrogens is 7. The van der Waals surface area contributed by atoms with Crippen LogP contribution in [0.5, 0.6) is 5.75 Å². The smallest absolute Gasteiger partial charge is 0.329 e. The van der Waals surface area contributed by atoms with Crippen LogP contribution in [0.2, 0.25) is 0 Å². The highest BCUT2D eigenvalue weighted by Gasteiger charge is 2.31. The predicted octanol–water partition coefficient (Wildman–Crippen LogP) is 8.38. The quantitative estimate of drug-likeness (QED) is 0.0936. The minimum Gasteiger partial charge on any atom is -0.494 e. The van der Waals surface area contributed by atoms with Gasteiger partial charge in [-0.25, -0.2) is 27.9 Å². The Morgan fingerprint density at radius 2 is 1.65 bits per heavy atom. The fourth-order valence-corrected chi connectivity index (χ4v) is 11.8. The molecule has 376 valence electrons. The highest BCUT2D eigenvalue weighted by Crippen LogP contribution is 2.44. The number of fused-ring (bicyclic) bond motifs is 2. The van der Waals surface area contributed by atoms with E-state index >= 15 is 4.39 Å². The number of hydrogen-bond acceptors (Lipinski definition) is 14. The average Bonchev–Trinajstić information content (AvgIpc) is 3.93. The lowest BCUT2D eigenvalue weighted by Crippen LogP contribution is -2.49. The fourth-order valence-electron chi connectivity index (χ4n) is 10.0. The lowest BCUT2D eigenvalue weighted by Gasteiger charge is -2.40. The number of carbonyl (C=O) groups excluding carboxylic acids is 2. The van der Waals surface area contributed by atoms with Gasteiger partial charge in [-0.05, 0) is 90.5 Å². The average molecular weight is 1070 g/mol. The van der Waals surface area contributed by atoms with Crippen molar-refractivity contribution in [3.05, 3.63) is 83.1 Å². The zero-order valence-corrected chi connectivity index (χ0v) is 42.8. The summed E-state index contributed by atoms with van der Waals surface area (Å²) in [6.45, 7) is 8.94. The number of anilines is 7. The van der Waals surface area contributed by atoms with Crippen molar-refractivity contribution in [2.24, 2.45) is 20.0 Å². The Bertz CT molecular complexity index is 3300. The van der Waals surface area contributed by atoms with E-state index in [1.807, 2.05) is 31.6 Å². The molecule has 7 aromatic rings. The third-order valence-corrected chi connectivity index (χ3v) is 15.7. The zero-order valence-electron chi connectivity index (χ0n) is 40.3. The minimum atomic E-state index is -2.98. The number of piperazine rings is 1. The summed E-state index contributed by atoms with van der Waals surface area (Å²) in [7, 11) is 2.29. The molecular weight excluding hydrogens is 1020 g/mol. The standard InChI is InChI=1S/C49H53BrF3N14O4P/c1-62-27-29(24-55-62)31-21-38(58-48-54-25-33(50)46(60-48)57-36-9-8-35-30(44(36)72(4,5)70)6-7-37(56-35)45(52)53)42(71-3)23-40(31)65-13-10-28(11-14-65)26-64-16-18-66(19-17-64)41-22-39-32(20-34(41)51)47(61-63(39)2)67-15-12-43(68)59-49(67)69/h6-9,20-25,27-28,45H,10-19,26H2,1-5H3,(H,59,68,69)(H2,54,57,58,60). The van der Waals surface area contributed by atoms with Crippen molar-refractivity contribution in [2.75, 3.05) is 98.1 Å². The molecule has 18 nitrogen and oxygen atoms in total. The molecule has 3 N–H and O–H groups in total. The second kappa shape index (κ2) is 19.7. The van der Waals surface area contributed by atoms with Gasteiger partial charge in [0.25, 0.3) is 6.43 Å². The normalized spacial score (nSPS) is 16.3. The summed E-state index contributed by atoms with van der Waals surface area (Å²) in [5.41, 5.74) is 5.17. The second-order valence-corrected chi connectivity index (χ2v) is 22.8. The number of ether oxygens (including phenoxy) is 1. The molecule has 0 unspecified atom stereocenters. The first-order valence-corrected chi connectivity index (χ1v) is 27.0. The van der Waals surface area contributed by atoms with Gasteiger partial charge in [-0.2, -0.15) is 15.2 Å². The molecule has 3 fully saturated rings. The number of amides is 3. The number of nitrogens with one attached hydrogen (secondary N) is 3. The molecule has 72 heavy (non-hydrogen) atoms. The summed E-state index contributed by atoms with van der Waals surface area (Å²) >= 11 is 3.56. The molecule has 3 aliphatic rings. The number of rotatable bonds is 13. The number of nitrogens with zero attached hydrogens (tertiary/aromatic N) is 11. The molecule has 10 rings (SSSR count). The van der Waals surface area contributed by atoms with Crippen LogP contribution >= 0.6 is 23.1 Å². The van der Waals surface area contributed by atoms with E-state index in [2.05, 4.69) is 66.7 Å². The topological polar surface area (TPSA) is 184 Å². The van der Waals surface area contributed by atoms with Gasteiger partial charge in [0, 0.05) is 124 Å². The molecule has 0 bridgehead atoms. The number of benzene rings is 3. The predicted molar refractivity (Wildman–Crippen MR) is 277 cm³/mol. The first kappa shape index (κ1) is 48.8. The SMILES string of the molecule is COc1cc(N2CCC(CN3CCN(c4cc5c(cc4F)c(N4CCC(=O)NC4=O)nn5C)CC3)CC2)c(-c2cnn(C)c2)cc1Nc1ncc(Br)c(Nc2ccc3nc(C(F)F)ccc3c2P(C)(C)=O)n1. The van der Waals surface area contributed by atoms with E-state index in [0.717, 1.165) is 62.4 Å². The van der Waals surface area contributed by atoms with Gasteiger partial charge in [-0.15, -0.1) is 0 Å². The van der Waals surface area contributed by atoms with Crippen molar-refractivity contribution in [3.8, 4) is 16.9 Å². The Kier molecular flexibility index (Phi) is 13.3. The third kappa shape index (κ3) is 9.78. The monoisotopic (exact) mass is 1070 g/mol. The van der Waals surface area contributed by atoms with Crippen molar-refractivity contribution < 1.29 is 32.1 Å². The van der Waals surface area contributed by atoms with E-state index < -0.39 is 19.6 Å². The van der Waals surface area contributed by atoms with E-state index in [4.69, 9.17) is 9.72 Å². The maximum Gasteiger partial charge on any atom is 0.329 e. The fraction of sp³-hybridized carbons (Fsp3) is 0.367. The number of hydrogen-bond donors (Lipinski definition) is 3. The number of methoxy groups -OCH3 is 1. The summed E-state index contributed by atoms with van der Waals surface area (Å²) in [4.78, 5) is 46.1. The van der Waals surface area contributed by atoms with Gasteiger partial charge in [0.2, 0.25) is 11.9 Å². The molecule has 7 heterocycles. The van der Waals surface area contributed by atoms with Gasteiger partial charge >= 0.3 is 6.03 Å². The van der Waals surface area contributed by atoms with Crippen LogP contribution in [0.1, 0.15) is 31.4 Å². The Morgan fingerprint density at radius 3 is 2.35 bits per heavy atom. The molecule has 0 saturated carbocycles. The summed E-state index contributed by atoms with van der Waals surface area (Å²) in [5.74, 6) is 1.30. The maximum absolute atomic E-state index is 15.8. The van der Waals surface area contributed by atoms with Gasteiger partial charge in [-0.3, -0.25) is 29.3 Å². The lowest BCUT2D eigenvalue weighted by molar-refractivity contribution is -0.120. The molecule has 3 saturated heterocycles. The summed E-state index contributed by atoms with van der Waals surface area (Å²) < 4.78 is 66.6. The van der Waals surface area contributed by atoms with Crippen LogP contribution in [0, 0.1) is 11.7 Å². The van der Waals surface area contributed by atoms with Crippen molar-refractivity contribution in [1.82, 2.24) is 44.7 Å². The lowest BCUT2D eigenvalue weighted by atomic mass is 9.94. The Labute approximate surface area is 421 Å². The highest BCUT2D eigenvalue weighted by molar-refractivity contribution is 9.10. The molecule has 0 aliphatic carbocycles. The van der Waals surface area contributed by atoms with Gasteiger partial charge in [-0.1, -0.05) is 0 Å². The van der Waals surface area contributed by atoms with E-state index in [-0.39, 0.29) is 36.3 Å². The third-order valence-electron chi connectivity index (χ3n) is 13.6. The number of imide groups is 1. The van der Waals surface area contributed by atoms with E-state index in [1.54, 1.807) is 61.2 Å². The van der Waals surface area contributed by atoms with E-state index in [9.17, 15) is 22.9 Å². The molecule has 3 amide bonds. The van der Waals surface area contributed by atoms with E-state index in [1.165, 1.54) is 23.1 Å². The Morgan fingerprint density at radius 1 is 0.889 bits per heavy atom. The van der Waals surface area contributed by atoms with Gasteiger partial charge in [0.15, 0.2) is 5.82 Å². The van der Waals surface area contributed by atoms with Crippen LogP contribution in [-0.2, 0) is 23.5 Å². The van der Waals surface area contributed by atoms with Crippen molar-refractivity contribution in [2.45, 2.75) is 25.7 Å². The van der Waals surface area contributed by atoms with Crippen LogP contribution in [0.3, 0.4) is 0 Å². The van der Waals surface area contributed by atoms with Crippen LogP contribution in [0.25, 0.3) is 32.9 Å². The number of halogens is 4. The zero-order chi connectivity index (χ0) is 50.6. The largest absolute Gasteiger partial charge is 0.494 e. The summed E-state index contributed by atoms with van der Waals surface area (Å²) in [5, 5.41) is 19.5. The summed E-state index contributed by atoms with van der Waals surface area (Å²) in [6, 6.07) is 12.8. The summed E-state index contributed by atoms with van der Waals surface area (Å²) in [6.07, 6.45) is 4.78. The number of urea groups is 1. The highest BCUT2D eigenvalue weighted by atomic mass is 79.9. The van der Waals surface area contributed by atoms with Gasteiger partial charge in [0.1, 0.15) is 30.2 Å². The number of aryl methyl sites for hydroxylation is 2. The van der Waals surface area contributed by atoms with Crippen LogP contribution in [0.4, 0.5) is 58.3 Å². The van der Waals surface area contributed by atoms with Gasteiger partial charge in [0.05, 0.1) is 45.9 Å². The van der Waals surface area contributed by atoms with Crippen molar-refractivity contribution in [3.63, 3.8) is 0 Å². The van der Waals surface area contributed by atoms with Crippen molar-refractivity contribution >= 4 is 102 Å². The molecule has 0 radical (unpaired) electrons. The first-order chi connectivity index (χ1) is 34.5. The minimum absolute atomic E-state index is 0.150. The van der Waals surface area contributed by atoms with Crippen LogP contribution in [-0.4, -0.2) is 124 Å². The number of carbonyl (C=O) groups is 2. The van der Waals surface area contributed by atoms with Crippen molar-refractivity contribution in [1.29, 1.82) is 0 Å². The molecule has 3 aliphatic heterocycles. The molecule has 0 atom stereocenters. The number of pyridine rings is 1. The maximum atomic E-state index is 15.8. The first-order valence-electron chi connectivity index (χ1n) is 23.6. The number of alkyl halides is 2. The second-order valence-electron chi connectivity index (χ2n) is 18.8. The molecule has 0 spiro atoms. The van der Waals surface area contributed by atoms with E-state index in [0.29, 0.717) is 85.0 Å². The molecular formula is C49H53BrF3N14O4P. The molecule has 4 aromatic heterocycles.